The topological polar surface area (TPSA) is 49.2 Å². The van der Waals surface area contributed by atoms with Crippen LogP contribution in [0.4, 0.5) is 5.82 Å². The average molecular weight is 299 g/mol. The minimum atomic E-state index is -0.00520. The van der Waals surface area contributed by atoms with Crippen molar-refractivity contribution in [3.05, 3.63) is 52.5 Å². The van der Waals surface area contributed by atoms with E-state index in [9.17, 15) is 5.11 Å². The largest absolute Gasteiger partial charge is 0.392 e. The van der Waals surface area contributed by atoms with Crippen molar-refractivity contribution in [2.24, 2.45) is 0 Å². The number of hydrogen-bond donors (Lipinski definition) is 1. The molecule has 0 aliphatic heterocycles. The highest BCUT2D eigenvalue weighted by atomic mass is 32.1. The van der Waals surface area contributed by atoms with Gasteiger partial charge in [0.25, 0.3) is 0 Å². The first-order chi connectivity index (χ1) is 10.3. The van der Waals surface area contributed by atoms with Gasteiger partial charge in [-0.3, -0.25) is 0 Å². The lowest BCUT2D eigenvalue weighted by Crippen LogP contribution is -2.23. The predicted molar refractivity (Wildman–Crippen MR) is 86.8 cm³/mol. The van der Waals surface area contributed by atoms with Crippen molar-refractivity contribution >= 4 is 28.1 Å². The molecule has 0 aliphatic carbocycles. The Bertz CT molecular complexity index is 727. The Hall–Kier alpha value is -1.98. The van der Waals surface area contributed by atoms with E-state index in [1.165, 1.54) is 0 Å². The zero-order valence-electron chi connectivity index (χ0n) is 11.9. The van der Waals surface area contributed by atoms with Crippen LogP contribution in [0.15, 0.2) is 41.9 Å². The average Bonchev–Trinajstić information content (AvgIpc) is 3.04. The lowest BCUT2D eigenvalue weighted by Gasteiger charge is -2.21. The first kappa shape index (κ1) is 14.0. The van der Waals surface area contributed by atoms with Gasteiger partial charge in [-0.15, -0.1) is 11.3 Å². The Kier molecular flexibility index (Phi) is 4.13. The van der Waals surface area contributed by atoms with Gasteiger partial charge in [0.05, 0.1) is 17.1 Å². The maximum absolute atomic E-state index is 9.60. The molecule has 21 heavy (non-hydrogen) atoms. The van der Waals surface area contributed by atoms with Crippen LogP contribution in [0.5, 0.6) is 0 Å². The van der Waals surface area contributed by atoms with Crippen LogP contribution in [0.1, 0.15) is 10.6 Å². The number of aromatic nitrogens is 2. The van der Waals surface area contributed by atoms with E-state index in [4.69, 9.17) is 4.98 Å². The number of pyridine rings is 1. The second-order valence-electron chi connectivity index (χ2n) is 4.92. The van der Waals surface area contributed by atoms with Gasteiger partial charge in [-0.25, -0.2) is 9.97 Å². The Morgan fingerprint density at radius 1 is 1.29 bits per heavy atom. The summed E-state index contributed by atoms with van der Waals surface area (Å²) in [5.41, 5.74) is 1.81. The number of nitrogens with zero attached hydrogens (tertiary/aromatic N) is 3. The second-order valence-corrected chi connectivity index (χ2v) is 5.90. The molecule has 108 valence electrons. The second kappa shape index (κ2) is 6.20. The molecule has 0 radical (unpaired) electrons. The van der Waals surface area contributed by atoms with E-state index in [2.05, 4.69) is 9.88 Å². The summed E-state index contributed by atoms with van der Waals surface area (Å²) in [4.78, 5) is 11.1. The molecule has 0 saturated heterocycles. The van der Waals surface area contributed by atoms with Crippen molar-refractivity contribution in [2.45, 2.75) is 13.0 Å². The van der Waals surface area contributed by atoms with Crippen molar-refractivity contribution in [3.63, 3.8) is 0 Å². The fourth-order valence-electron chi connectivity index (χ4n) is 2.34. The Morgan fingerprint density at radius 3 is 2.90 bits per heavy atom. The highest BCUT2D eigenvalue weighted by molar-refractivity contribution is 7.09. The number of anilines is 1. The van der Waals surface area contributed by atoms with E-state index in [1.807, 2.05) is 49.0 Å². The van der Waals surface area contributed by atoms with Crippen LogP contribution in [0, 0.1) is 0 Å². The molecule has 2 aromatic heterocycles. The van der Waals surface area contributed by atoms with Crippen LogP contribution in [-0.2, 0) is 13.0 Å². The van der Waals surface area contributed by atoms with Gasteiger partial charge < -0.3 is 10.0 Å². The number of thiazole rings is 1. The number of hydrogen-bond acceptors (Lipinski definition) is 5. The van der Waals surface area contributed by atoms with Gasteiger partial charge >= 0.3 is 0 Å². The van der Waals surface area contributed by atoms with E-state index >= 15 is 0 Å². The molecule has 3 aromatic rings. The molecule has 0 spiro atoms. The number of fused-ring (bicyclic) bond motifs is 1. The van der Waals surface area contributed by atoms with Gasteiger partial charge in [0.15, 0.2) is 0 Å². The Balaban J connectivity index is 1.87. The lowest BCUT2D eigenvalue weighted by atomic mass is 10.1. The minimum Gasteiger partial charge on any atom is -0.392 e. The van der Waals surface area contributed by atoms with E-state index < -0.39 is 0 Å². The van der Waals surface area contributed by atoms with Crippen molar-refractivity contribution in [1.29, 1.82) is 0 Å². The van der Waals surface area contributed by atoms with Crippen LogP contribution in [0.25, 0.3) is 10.9 Å². The molecule has 0 amide bonds. The van der Waals surface area contributed by atoms with Gasteiger partial charge in [-0.05, 0) is 12.1 Å². The van der Waals surface area contributed by atoms with Gasteiger partial charge in [-0.2, -0.15) is 0 Å². The molecule has 0 atom stereocenters. The SMILES string of the molecule is CN(CCc1nccs1)c1nc2ccccc2cc1CO. The normalized spacial score (nSPS) is 11.0. The van der Waals surface area contributed by atoms with Crippen molar-refractivity contribution in [1.82, 2.24) is 9.97 Å². The van der Waals surface area contributed by atoms with Crippen LogP contribution in [0.3, 0.4) is 0 Å². The summed E-state index contributed by atoms with van der Waals surface area (Å²) >= 11 is 1.67. The van der Waals surface area contributed by atoms with Gasteiger partial charge in [-0.1, -0.05) is 18.2 Å². The molecule has 0 aliphatic rings. The first-order valence-corrected chi connectivity index (χ1v) is 7.75. The minimum absolute atomic E-state index is 0.00520. The molecule has 4 nitrogen and oxygen atoms in total. The third-order valence-electron chi connectivity index (χ3n) is 3.46. The van der Waals surface area contributed by atoms with Crippen molar-refractivity contribution in [3.8, 4) is 0 Å². The fraction of sp³-hybridized carbons (Fsp3) is 0.250. The third-order valence-corrected chi connectivity index (χ3v) is 4.30. The molecule has 0 unspecified atom stereocenters. The molecule has 0 fully saturated rings. The van der Waals surface area contributed by atoms with Crippen LogP contribution < -0.4 is 4.90 Å². The van der Waals surface area contributed by atoms with E-state index in [0.717, 1.165) is 40.3 Å². The van der Waals surface area contributed by atoms with Gasteiger partial charge in [0.1, 0.15) is 5.82 Å². The van der Waals surface area contributed by atoms with Gasteiger partial charge in [0.2, 0.25) is 0 Å². The molecule has 0 bridgehead atoms. The summed E-state index contributed by atoms with van der Waals surface area (Å²) in [6, 6.07) is 9.98. The van der Waals surface area contributed by atoms with Crippen LogP contribution >= 0.6 is 11.3 Å². The molecule has 1 N–H and O–H groups in total. The monoisotopic (exact) mass is 299 g/mol. The summed E-state index contributed by atoms with van der Waals surface area (Å²) in [5.74, 6) is 0.841. The first-order valence-electron chi connectivity index (χ1n) is 6.87. The summed E-state index contributed by atoms with van der Waals surface area (Å²) in [7, 11) is 2.00. The Morgan fingerprint density at radius 2 is 2.14 bits per heavy atom. The number of likely N-dealkylation sites (N-methyl/N-ethyl adjacent to an activating group) is 1. The predicted octanol–water partition coefficient (Wildman–Crippen LogP) is 2.86. The molecular weight excluding hydrogens is 282 g/mol. The third kappa shape index (κ3) is 3.04. The highest BCUT2D eigenvalue weighted by Crippen LogP contribution is 2.23. The molecule has 3 rings (SSSR count). The zero-order valence-corrected chi connectivity index (χ0v) is 12.7. The number of aliphatic hydroxyl groups excluding tert-OH is 1. The summed E-state index contributed by atoms with van der Waals surface area (Å²) in [6.45, 7) is 0.820. The maximum atomic E-state index is 9.60. The molecule has 1 aromatic carbocycles. The number of rotatable bonds is 5. The Labute approximate surface area is 127 Å². The van der Waals surface area contributed by atoms with Crippen LogP contribution in [0.2, 0.25) is 0 Å². The van der Waals surface area contributed by atoms with Crippen molar-refractivity contribution < 1.29 is 5.11 Å². The number of para-hydroxylation sites is 1. The summed E-state index contributed by atoms with van der Waals surface area (Å²) in [5, 5.41) is 13.8. The van der Waals surface area contributed by atoms with E-state index in [0.29, 0.717) is 0 Å². The molecule has 2 heterocycles. The molecule has 5 heteroatoms. The number of aliphatic hydroxyl groups is 1. The van der Waals surface area contributed by atoms with Crippen molar-refractivity contribution in [2.75, 3.05) is 18.5 Å². The van der Waals surface area contributed by atoms with E-state index in [1.54, 1.807) is 11.3 Å². The quantitative estimate of drug-likeness (QED) is 0.787. The molecular formula is C16H17N3OS. The summed E-state index contributed by atoms with van der Waals surface area (Å²) in [6.07, 6.45) is 2.71. The van der Waals surface area contributed by atoms with E-state index in [-0.39, 0.29) is 6.61 Å². The lowest BCUT2D eigenvalue weighted by molar-refractivity contribution is 0.282. The highest BCUT2D eigenvalue weighted by Gasteiger charge is 2.11. The fourth-order valence-corrected chi connectivity index (χ4v) is 2.95. The maximum Gasteiger partial charge on any atom is 0.134 e. The molecule has 0 saturated carbocycles. The summed E-state index contributed by atoms with van der Waals surface area (Å²) < 4.78 is 0. The standard InChI is InChI=1S/C16H17N3OS/c1-19(8-6-15-17-7-9-21-15)16-13(11-20)10-12-4-2-3-5-14(12)18-16/h2-5,7,9-10,20H,6,8,11H2,1H3. The zero-order chi connectivity index (χ0) is 14.7. The van der Waals surface area contributed by atoms with Gasteiger partial charge in [0, 0.05) is 42.5 Å². The number of benzene rings is 1. The van der Waals surface area contributed by atoms with Crippen LogP contribution in [-0.4, -0.2) is 28.7 Å². The smallest absolute Gasteiger partial charge is 0.134 e.